The number of nitrogens with zero attached hydrogens (tertiary/aromatic N) is 1. The summed E-state index contributed by atoms with van der Waals surface area (Å²) < 4.78 is 19.2. The summed E-state index contributed by atoms with van der Waals surface area (Å²) in [7, 11) is -2.73. The molecule has 0 unspecified atom stereocenters. The van der Waals surface area contributed by atoms with Crippen molar-refractivity contribution in [3.63, 3.8) is 0 Å². The lowest BCUT2D eigenvalue weighted by Gasteiger charge is -1.85. The fourth-order valence-electron chi connectivity index (χ4n) is 0.0986. The maximum Gasteiger partial charge on any atom is 0.237 e. The van der Waals surface area contributed by atoms with Gasteiger partial charge in [0.2, 0.25) is 16.8 Å². The third-order valence-corrected chi connectivity index (χ3v) is 0.524. The van der Waals surface area contributed by atoms with E-state index in [1.165, 1.54) is 0 Å². The van der Waals surface area contributed by atoms with Gasteiger partial charge >= 0.3 is 0 Å². The molecule has 0 atom stereocenters. The number of rotatable bonds is 2. The summed E-state index contributed by atoms with van der Waals surface area (Å²) in [5, 5.41) is 2.95. The van der Waals surface area contributed by atoms with Crippen LogP contribution in [-0.2, 0) is 10.9 Å². The largest absolute Gasteiger partial charge is 0.369 e. The number of guanidine groups is 1. The number of hydrazone groups is 1. The van der Waals surface area contributed by atoms with E-state index < -0.39 is 10.9 Å². The standard InChI is InChI=1S/CH6N4O2S/c2-1(3)4-5-8(6)7/h8H,(H4,2,3,4)(H,5,6,7). The molecule has 0 amide bonds. The van der Waals surface area contributed by atoms with E-state index in [1.54, 1.807) is 4.83 Å². The predicted molar refractivity (Wildman–Crippen MR) is 29.3 cm³/mol. The number of nitrogens with one attached hydrogen (secondary N) is 1. The van der Waals surface area contributed by atoms with Gasteiger partial charge in [-0.1, -0.05) is 0 Å². The number of hydrogen-bond donors (Lipinski definition) is 4. The monoisotopic (exact) mass is 138 g/mol. The van der Waals surface area contributed by atoms with Crippen molar-refractivity contribution in [2.45, 2.75) is 0 Å². The van der Waals surface area contributed by atoms with Crippen LogP contribution in [0.2, 0.25) is 0 Å². The van der Waals surface area contributed by atoms with Crippen LogP contribution in [0.4, 0.5) is 0 Å². The number of nitrogens with two attached hydrogens (primary N) is 2. The topological polar surface area (TPSA) is 111 Å². The van der Waals surface area contributed by atoms with Gasteiger partial charge < -0.3 is 11.5 Å². The van der Waals surface area contributed by atoms with Gasteiger partial charge in [-0.25, -0.2) is 13.2 Å². The lowest BCUT2D eigenvalue weighted by Crippen LogP contribution is -2.25. The van der Waals surface area contributed by atoms with Gasteiger partial charge in [-0.15, -0.1) is 5.10 Å². The summed E-state index contributed by atoms with van der Waals surface area (Å²) in [6, 6.07) is 0. The highest BCUT2D eigenvalue weighted by Crippen LogP contribution is 1.52. The lowest BCUT2D eigenvalue weighted by molar-refractivity contribution is 0.604. The molecule has 0 bridgehead atoms. The van der Waals surface area contributed by atoms with Crippen LogP contribution in [0.25, 0.3) is 0 Å². The fourth-order valence-corrected chi connectivity index (χ4v) is 0.296. The Balaban J connectivity index is 3.61. The van der Waals surface area contributed by atoms with Gasteiger partial charge in [-0.2, -0.15) is 0 Å². The van der Waals surface area contributed by atoms with Crippen molar-refractivity contribution in [1.29, 1.82) is 0 Å². The molecule has 0 heterocycles. The minimum absolute atomic E-state index is 0.316. The highest BCUT2D eigenvalue weighted by molar-refractivity contribution is 7.70. The van der Waals surface area contributed by atoms with Crippen LogP contribution in [0, 0.1) is 0 Å². The third kappa shape index (κ3) is 5.02. The molecule has 0 aromatic heterocycles. The molecule has 6 nitrogen and oxygen atoms in total. The molecular formula is CH6N4O2S. The van der Waals surface area contributed by atoms with Gasteiger partial charge in [-0.05, 0) is 0 Å². The molecule has 7 heteroatoms. The van der Waals surface area contributed by atoms with Crippen molar-refractivity contribution >= 4 is 16.8 Å². The van der Waals surface area contributed by atoms with E-state index in [4.69, 9.17) is 11.5 Å². The molecule has 0 aliphatic carbocycles. The van der Waals surface area contributed by atoms with Crippen LogP contribution >= 0.6 is 0 Å². The summed E-state index contributed by atoms with van der Waals surface area (Å²) >= 11 is 0. The van der Waals surface area contributed by atoms with E-state index in [2.05, 4.69) is 5.10 Å². The maximum atomic E-state index is 9.61. The highest BCUT2D eigenvalue weighted by Gasteiger charge is 1.75. The van der Waals surface area contributed by atoms with Crippen LogP contribution in [0.3, 0.4) is 0 Å². The molecule has 0 rings (SSSR count). The summed E-state index contributed by atoms with van der Waals surface area (Å²) in [5.41, 5.74) is 9.48. The summed E-state index contributed by atoms with van der Waals surface area (Å²) in [6.07, 6.45) is 0. The van der Waals surface area contributed by atoms with Gasteiger partial charge in [0.05, 0.1) is 0 Å². The van der Waals surface area contributed by atoms with Gasteiger partial charge in [-0.3, -0.25) is 0 Å². The van der Waals surface area contributed by atoms with Crippen LogP contribution in [-0.4, -0.2) is 14.4 Å². The Bertz CT molecular complexity index is 147. The van der Waals surface area contributed by atoms with E-state index in [0.717, 1.165) is 0 Å². The first-order valence-electron chi connectivity index (χ1n) is 1.61. The van der Waals surface area contributed by atoms with Crippen LogP contribution in [0.15, 0.2) is 5.10 Å². The Hall–Kier alpha value is -0.980. The van der Waals surface area contributed by atoms with E-state index >= 15 is 0 Å². The summed E-state index contributed by atoms with van der Waals surface area (Å²) in [4.78, 5) is 1.64. The normalized spacial score (nSPS) is 8.62. The Morgan fingerprint density at radius 1 is 1.50 bits per heavy atom. The zero-order valence-corrected chi connectivity index (χ0v) is 4.76. The molecule has 0 aliphatic heterocycles. The van der Waals surface area contributed by atoms with E-state index in [1.807, 2.05) is 0 Å². The summed E-state index contributed by atoms with van der Waals surface area (Å²) in [5.74, 6) is -0.316. The van der Waals surface area contributed by atoms with Crippen molar-refractivity contribution in [3.8, 4) is 0 Å². The maximum absolute atomic E-state index is 9.61. The molecule has 8 heavy (non-hydrogen) atoms. The Morgan fingerprint density at radius 2 is 2.00 bits per heavy atom. The van der Waals surface area contributed by atoms with Gasteiger partial charge in [0.1, 0.15) is 0 Å². The molecule has 0 saturated carbocycles. The van der Waals surface area contributed by atoms with Gasteiger partial charge in [0, 0.05) is 0 Å². The molecule has 0 fully saturated rings. The first kappa shape index (κ1) is 7.02. The predicted octanol–water partition coefficient (Wildman–Crippen LogP) is -2.71. The first-order valence-corrected chi connectivity index (χ1v) is 2.79. The van der Waals surface area contributed by atoms with Crippen molar-refractivity contribution in [1.82, 2.24) is 4.83 Å². The third-order valence-electron chi connectivity index (χ3n) is 0.261. The first-order chi connectivity index (χ1) is 3.63. The molecule has 48 valence electrons. The van der Waals surface area contributed by atoms with Crippen LogP contribution < -0.4 is 16.3 Å². The van der Waals surface area contributed by atoms with E-state index in [-0.39, 0.29) is 5.96 Å². The fraction of sp³-hybridized carbons (Fsp3) is 0. The second kappa shape index (κ2) is 3.08. The molecule has 0 aliphatic rings. The molecule has 0 radical (unpaired) electrons. The minimum Gasteiger partial charge on any atom is -0.369 e. The molecular weight excluding hydrogens is 132 g/mol. The van der Waals surface area contributed by atoms with Crippen molar-refractivity contribution in [2.24, 2.45) is 16.6 Å². The SMILES string of the molecule is NC(N)=NN[SH](=O)=O. The smallest absolute Gasteiger partial charge is 0.237 e. The quantitative estimate of drug-likeness (QED) is 0.144. The lowest BCUT2D eigenvalue weighted by atomic mass is 11.1. The summed E-state index contributed by atoms with van der Waals surface area (Å²) in [6.45, 7) is 0. The van der Waals surface area contributed by atoms with Crippen LogP contribution in [0.1, 0.15) is 0 Å². The van der Waals surface area contributed by atoms with E-state index in [9.17, 15) is 8.42 Å². The molecule has 0 aromatic carbocycles. The second-order valence-corrected chi connectivity index (χ2v) is 1.61. The average molecular weight is 138 g/mol. The van der Waals surface area contributed by atoms with Crippen molar-refractivity contribution in [3.05, 3.63) is 0 Å². The zero-order chi connectivity index (χ0) is 6.57. The molecule has 0 saturated heterocycles. The zero-order valence-electron chi connectivity index (χ0n) is 3.87. The Kier molecular flexibility index (Phi) is 2.70. The van der Waals surface area contributed by atoms with Crippen LogP contribution in [0.5, 0.6) is 0 Å². The number of hydrogen-bond acceptors (Lipinski definition) is 3. The number of thiol groups is 1. The Morgan fingerprint density at radius 3 is 2.12 bits per heavy atom. The van der Waals surface area contributed by atoms with Gasteiger partial charge in [0.15, 0.2) is 0 Å². The van der Waals surface area contributed by atoms with Gasteiger partial charge in [0.25, 0.3) is 0 Å². The van der Waals surface area contributed by atoms with Crippen molar-refractivity contribution in [2.75, 3.05) is 0 Å². The van der Waals surface area contributed by atoms with Crippen molar-refractivity contribution < 1.29 is 8.42 Å². The highest BCUT2D eigenvalue weighted by atomic mass is 32.2. The van der Waals surface area contributed by atoms with E-state index in [0.29, 0.717) is 0 Å². The second-order valence-electron chi connectivity index (χ2n) is 0.894. The molecule has 0 aromatic rings. The minimum atomic E-state index is -2.73. The average Bonchev–Trinajstić information content (AvgIpc) is 1.61. The Labute approximate surface area is 47.6 Å². The molecule has 0 spiro atoms. The molecule has 5 N–H and O–H groups in total.